The van der Waals surface area contributed by atoms with E-state index in [-0.39, 0.29) is 5.92 Å². The molecular weight excluding hydrogens is 427 g/mol. The van der Waals surface area contributed by atoms with Crippen LogP contribution in [-0.2, 0) is 9.59 Å². The standard InChI is InChI=1S/C21H24Cl2N4O3/c1-13(2)10-18(21(29)27-25-12-15-6-8-24-9-7-15)26-20(28)14(3)30-19-5-4-16(22)11-17(19)23/h4-9,11-14,18H,10H2,1-3H3,(H,26,28)(H,27,29)/b25-12-/t14-,18+/m1/s1. The molecule has 0 unspecified atom stereocenters. The number of pyridine rings is 1. The van der Waals surface area contributed by atoms with Crippen LogP contribution in [0.2, 0.25) is 10.0 Å². The van der Waals surface area contributed by atoms with Gasteiger partial charge in [-0.05, 0) is 55.2 Å². The number of rotatable bonds is 9. The number of nitrogens with zero attached hydrogens (tertiary/aromatic N) is 2. The number of hydrogen-bond donors (Lipinski definition) is 2. The zero-order valence-corrected chi connectivity index (χ0v) is 18.4. The second-order valence-electron chi connectivity index (χ2n) is 7.04. The Bertz CT molecular complexity index is 891. The number of halogens is 2. The minimum atomic E-state index is -0.869. The van der Waals surface area contributed by atoms with Crippen LogP contribution in [0.4, 0.5) is 0 Å². The number of carbonyl (C=O) groups is 2. The van der Waals surface area contributed by atoms with Crippen molar-refractivity contribution < 1.29 is 14.3 Å². The van der Waals surface area contributed by atoms with Gasteiger partial charge >= 0.3 is 0 Å². The van der Waals surface area contributed by atoms with Gasteiger partial charge in [0, 0.05) is 17.4 Å². The first-order chi connectivity index (χ1) is 14.3. The van der Waals surface area contributed by atoms with Gasteiger partial charge in [-0.2, -0.15) is 5.10 Å². The number of nitrogens with one attached hydrogen (secondary N) is 2. The Labute approximate surface area is 185 Å². The second kappa shape index (κ2) is 11.5. The van der Waals surface area contributed by atoms with Crippen LogP contribution < -0.4 is 15.5 Å². The Morgan fingerprint density at radius 2 is 1.83 bits per heavy atom. The Morgan fingerprint density at radius 1 is 1.13 bits per heavy atom. The first-order valence-electron chi connectivity index (χ1n) is 9.41. The lowest BCUT2D eigenvalue weighted by Gasteiger charge is -2.22. The highest BCUT2D eigenvalue weighted by molar-refractivity contribution is 6.35. The molecule has 2 aromatic rings. The van der Waals surface area contributed by atoms with Crippen LogP contribution in [0.15, 0.2) is 47.8 Å². The van der Waals surface area contributed by atoms with E-state index in [4.69, 9.17) is 27.9 Å². The second-order valence-corrected chi connectivity index (χ2v) is 7.88. The lowest BCUT2D eigenvalue weighted by molar-refractivity contribution is -0.132. The van der Waals surface area contributed by atoms with E-state index in [1.807, 2.05) is 13.8 Å². The van der Waals surface area contributed by atoms with E-state index in [1.54, 1.807) is 43.6 Å². The molecule has 160 valence electrons. The highest BCUT2D eigenvalue weighted by Crippen LogP contribution is 2.28. The van der Waals surface area contributed by atoms with Gasteiger partial charge in [0.15, 0.2) is 6.10 Å². The topological polar surface area (TPSA) is 92.7 Å². The Hall–Kier alpha value is -2.64. The summed E-state index contributed by atoms with van der Waals surface area (Å²) in [6, 6.07) is 7.47. The Morgan fingerprint density at radius 3 is 2.47 bits per heavy atom. The summed E-state index contributed by atoms with van der Waals surface area (Å²) in [6.45, 7) is 5.49. The Balaban J connectivity index is 1.98. The van der Waals surface area contributed by atoms with Crippen LogP contribution >= 0.6 is 23.2 Å². The number of carbonyl (C=O) groups excluding carboxylic acids is 2. The van der Waals surface area contributed by atoms with Gasteiger partial charge in [-0.15, -0.1) is 0 Å². The van der Waals surface area contributed by atoms with Crippen molar-refractivity contribution in [3.63, 3.8) is 0 Å². The molecule has 0 aliphatic rings. The number of ether oxygens (including phenoxy) is 1. The number of hydrogen-bond acceptors (Lipinski definition) is 5. The van der Waals surface area contributed by atoms with Gasteiger partial charge in [0.05, 0.1) is 11.2 Å². The quantitative estimate of drug-likeness (QED) is 0.448. The van der Waals surface area contributed by atoms with Crippen LogP contribution in [0, 0.1) is 5.92 Å². The zero-order chi connectivity index (χ0) is 22.1. The van der Waals surface area contributed by atoms with Gasteiger partial charge in [-0.25, -0.2) is 5.43 Å². The molecular formula is C21H24Cl2N4O3. The minimum absolute atomic E-state index is 0.173. The number of hydrazone groups is 1. The molecule has 7 nitrogen and oxygen atoms in total. The molecule has 2 atom stereocenters. The highest BCUT2D eigenvalue weighted by atomic mass is 35.5. The van der Waals surface area contributed by atoms with E-state index in [0.717, 1.165) is 5.56 Å². The average Bonchev–Trinajstić information content (AvgIpc) is 2.69. The number of benzene rings is 1. The predicted octanol–water partition coefficient (Wildman–Crippen LogP) is 3.84. The molecule has 0 bridgehead atoms. The lowest BCUT2D eigenvalue weighted by Crippen LogP contribution is -2.49. The predicted molar refractivity (Wildman–Crippen MR) is 118 cm³/mol. The maximum atomic E-state index is 12.6. The Kier molecular flexibility index (Phi) is 9.08. The third-order valence-electron chi connectivity index (χ3n) is 4.00. The molecule has 9 heteroatoms. The third kappa shape index (κ3) is 7.65. The summed E-state index contributed by atoms with van der Waals surface area (Å²) in [6.07, 6.45) is 4.32. The van der Waals surface area contributed by atoms with Crippen molar-refractivity contribution in [2.75, 3.05) is 0 Å². The molecule has 2 N–H and O–H groups in total. The van der Waals surface area contributed by atoms with Crippen molar-refractivity contribution in [2.24, 2.45) is 11.0 Å². The molecule has 0 fully saturated rings. The third-order valence-corrected chi connectivity index (χ3v) is 4.53. The average molecular weight is 451 g/mol. The van der Waals surface area contributed by atoms with Gasteiger partial charge in [-0.3, -0.25) is 14.6 Å². The zero-order valence-electron chi connectivity index (χ0n) is 16.9. The first-order valence-corrected chi connectivity index (χ1v) is 10.2. The van der Waals surface area contributed by atoms with E-state index >= 15 is 0 Å². The largest absolute Gasteiger partial charge is 0.479 e. The van der Waals surface area contributed by atoms with E-state index in [2.05, 4.69) is 20.8 Å². The summed E-state index contributed by atoms with van der Waals surface area (Å²) >= 11 is 12.0. The fraction of sp³-hybridized carbons (Fsp3) is 0.333. The van der Waals surface area contributed by atoms with Crippen molar-refractivity contribution >= 4 is 41.2 Å². The van der Waals surface area contributed by atoms with Gasteiger partial charge in [0.2, 0.25) is 0 Å². The maximum absolute atomic E-state index is 12.6. The molecule has 30 heavy (non-hydrogen) atoms. The highest BCUT2D eigenvalue weighted by Gasteiger charge is 2.25. The molecule has 1 heterocycles. The molecule has 1 aromatic carbocycles. The van der Waals surface area contributed by atoms with Crippen LogP contribution in [0.5, 0.6) is 5.75 Å². The van der Waals surface area contributed by atoms with Crippen LogP contribution in [-0.4, -0.2) is 35.2 Å². The molecule has 0 saturated heterocycles. The number of aromatic nitrogens is 1. The summed E-state index contributed by atoms with van der Waals surface area (Å²) in [5.41, 5.74) is 3.25. The molecule has 1 aromatic heterocycles. The maximum Gasteiger partial charge on any atom is 0.262 e. The normalized spacial score (nSPS) is 13.1. The van der Waals surface area contributed by atoms with E-state index < -0.39 is 24.0 Å². The van der Waals surface area contributed by atoms with Gasteiger partial charge < -0.3 is 10.1 Å². The van der Waals surface area contributed by atoms with Crippen molar-refractivity contribution in [1.29, 1.82) is 0 Å². The van der Waals surface area contributed by atoms with E-state index in [0.29, 0.717) is 22.2 Å². The minimum Gasteiger partial charge on any atom is -0.479 e. The fourth-order valence-electron chi connectivity index (χ4n) is 2.50. The monoisotopic (exact) mass is 450 g/mol. The van der Waals surface area contributed by atoms with E-state index in [9.17, 15) is 9.59 Å². The summed E-state index contributed by atoms with van der Waals surface area (Å²) in [4.78, 5) is 29.1. The fourth-order valence-corrected chi connectivity index (χ4v) is 2.96. The summed E-state index contributed by atoms with van der Waals surface area (Å²) < 4.78 is 5.62. The van der Waals surface area contributed by atoms with Gasteiger partial charge in [0.25, 0.3) is 11.8 Å². The van der Waals surface area contributed by atoms with Crippen LogP contribution in [0.1, 0.15) is 32.8 Å². The molecule has 0 aliphatic carbocycles. The van der Waals surface area contributed by atoms with Crippen molar-refractivity contribution in [1.82, 2.24) is 15.7 Å². The molecule has 2 amide bonds. The van der Waals surface area contributed by atoms with Gasteiger partial charge in [-0.1, -0.05) is 37.0 Å². The molecule has 0 saturated carbocycles. The van der Waals surface area contributed by atoms with Gasteiger partial charge in [0.1, 0.15) is 11.8 Å². The van der Waals surface area contributed by atoms with Crippen molar-refractivity contribution in [2.45, 2.75) is 39.3 Å². The molecule has 0 aliphatic heterocycles. The summed E-state index contributed by atoms with van der Waals surface area (Å²) in [5.74, 6) is -0.360. The van der Waals surface area contributed by atoms with Crippen LogP contribution in [0.3, 0.4) is 0 Å². The SMILES string of the molecule is CC(C)C[C@H](NC(=O)[C@@H](C)Oc1ccc(Cl)cc1Cl)C(=O)N/N=C\c1ccncc1. The molecule has 0 radical (unpaired) electrons. The lowest BCUT2D eigenvalue weighted by atomic mass is 10.0. The molecule has 0 spiro atoms. The van der Waals surface area contributed by atoms with Crippen LogP contribution in [0.25, 0.3) is 0 Å². The van der Waals surface area contributed by atoms with Crippen molar-refractivity contribution in [3.05, 3.63) is 58.3 Å². The first kappa shape index (κ1) is 23.6. The summed E-state index contributed by atoms with van der Waals surface area (Å²) in [5, 5.41) is 7.42. The summed E-state index contributed by atoms with van der Waals surface area (Å²) in [7, 11) is 0. The number of amides is 2. The smallest absolute Gasteiger partial charge is 0.262 e. The molecule has 2 rings (SSSR count). The van der Waals surface area contributed by atoms with E-state index in [1.165, 1.54) is 12.3 Å². The van der Waals surface area contributed by atoms with Crippen molar-refractivity contribution in [3.8, 4) is 5.75 Å².